The summed E-state index contributed by atoms with van der Waals surface area (Å²) in [6.07, 6.45) is 0.467. The van der Waals surface area contributed by atoms with Gasteiger partial charge in [-0.25, -0.2) is 4.79 Å². The van der Waals surface area contributed by atoms with E-state index in [9.17, 15) is 9.59 Å². The largest absolute Gasteiger partial charge is 0.462 e. The Morgan fingerprint density at radius 3 is 2.81 bits per heavy atom. The Kier molecular flexibility index (Phi) is 5.03. The van der Waals surface area contributed by atoms with Crippen molar-refractivity contribution < 1.29 is 18.7 Å². The van der Waals surface area contributed by atoms with Gasteiger partial charge >= 0.3 is 5.97 Å². The van der Waals surface area contributed by atoms with E-state index in [4.69, 9.17) is 9.15 Å². The molecule has 2 aromatic heterocycles. The highest BCUT2D eigenvalue weighted by molar-refractivity contribution is 7.16. The molecule has 0 saturated heterocycles. The first kappa shape index (κ1) is 19.8. The maximum atomic E-state index is 12.9. The predicted molar refractivity (Wildman–Crippen MR) is 118 cm³/mol. The van der Waals surface area contributed by atoms with E-state index in [2.05, 4.69) is 22.6 Å². The third-order valence-electron chi connectivity index (χ3n) is 5.62. The molecule has 2 aliphatic rings. The molecule has 0 fully saturated rings. The highest BCUT2D eigenvalue weighted by atomic mass is 32.1. The van der Waals surface area contributed by atoms with Crippen molar-refractivity contribution in [3.63, 3.8) is 0 Å². The van der Waals surface area contributed by atoms with E-state index in [1.807, 2.05) is 24.3 Å². The van der Waals surface area contributed by atoms with Gasteiger partial charge in [-0.3, -0.25) is 4.79 Å². The molecule has 4 heterocycles. The van der Waals surface area contributed by atoms with Crippen LogP contribution in [0, 0.1) is 0 Å². The number of rotatable bonds is 4. The molecule has 5 rings (SSSR count). The average molecular weight is 438 g/mol. The van der Waals surface area contributed by atoms with Crippen LogP contribution in [0.1, 0.15) is 50.0 Å². The summed E-state index contributed by atoms with van der Waals surface area (Å²) >= 11 is 1.66. The van der Waals surface area contributed by atoms with Crippen molar-refractivity contribution in [1.29, 1.82) is 0 Å². The topological polar surface area (TPSA) is 83.8 Å². The van der Waals surface area contributed by atoms with Crippen molar-refractivity contribution in [3.05, 3.63) is 63.7 Å². The van der Waals surface area contributed by atoms with Gasteiger partial charge in [-0.15, -0.1) is 11.3 Å². The highest BCUT2D eigenvalue weighted by Gasteiger charge is 2.33. The number of likely N-dealkylation sites (N-methyl/N-ethyl adjacent to an activating group) is 1. The number of carbonyl (C=O) groups excluding carboxylic acids is 2. The van der Waals surface area contributed by atoms with Crippen LogP contribution < -0.4 is 10.6 Å². The third-order valence-corrected chi connectivity index (χ3v) is 6.77. The summed E-state index contributed by atoms with van der Waals surface area (Å²) in [5.74, 6) is 0.896. The lowest BCUT2D eigenvalue weighted by molar-refractivity contribution is 0.0526. The number of hydrogen-bond donors (Lipinski definition) is 2. The molecular formula is C23H23N3O4S. The first-order chi connectivity index (χ1) is 15.0. The van der Waals surface area contributed by atoms with Crippen LogP contribution in [0.25, 0.3) is 11.3 Å². The fourth-order valence-electron chi connectivity index (χ4n) is 4.03. The number of fused-ring (bicyclic) bond motifs is 3. The van der Waals surface area contributed by atoms with Crippen LogP contribution >= 0.6 is 11.3 Å². The number of nitrogens with zero attached hydrogens (tertiary/aromatic N) is 1. The molecule has 160 valence electrons. The van der Waals surface area contributed by atoms with Crippen LogP contribution in [0.15, 0.2) is 40.8 Å². The van der Waals surface area contributed by atoms with Crippen molar-refractivity contribution in [2.45, 2.75) is 26.1 Å². The number of ether oxygens (including phenoxy) is 1. The van der Waals surface area contributed by atoms with Gasteiger partial charge in [-0.05, 0) is 50.2 Å². The Balaban J connectivity index is 1.36. The predicted octanol–water partition coefficient (Wildman–Crippen LogP) is 4.03. The summed E-state index contributed by atoms with van der Waals surface area (Å²) in [5, 5.41) is 7.37. The van der Waals surface area contributed by atoms with Crippen LogP contribution in [0.5, 0.6) is 0 Å². The minimum absolute atomic E-state index is 0.0578. The SMILES string of the molecule is CCOC(=O)c1ccc(-c2ccc(C3NC(=O)c4c(sc5c4CCN(C)C5)N3)o2)cc1. The molecule has 0 spiro atoms. The minimum atomic E-state index is -0.426. The monoisotopic (exact) mass is 437 g/mol. The smallest absolute Gasteiger partial charge is 0.338 e. The molecule has 2 N–H and O–H groups in total. The second-order valence-electron chi connectivity index (χ2n) is 7.75. The quantitative estimate of drug-likeness (QED) is 0.600. The van der Waals surface area contributed by atoms with Gasteiger partial charge in [-0.2, -0.15) is 0 Å². The van der Waals surface area contributed by atoms with Crippen molar-refractivity contribution in [2.24, 2.45) is 0 Å². The Hall–Kier alpha value is -3.10. The van der Waals surface area contributed by atoms with E-state index in [1.165, 1.54) is 10.4 Å². The fourth-order valence-corrected chi connectivity index (χ4v) is 5.39. The number of thiophene rings is 1. The van der Waals surface area contributed by atoms with Gasteiger partial charge in [0.15, 0.2) is 6.17 Å². The molecule has 8 heteroatoms. The maximum Gasteiger partial charge on any atom is 0.338 e. The van der Waals surface area contributed by atoms with Crippen LogP contribution in [0.3, 0.4) is 0 Å². The van der Waals surface area contributed by atoms with Crippen molar-refractivity contribution in [1.82, 2.24) is 10.2 Å². The number of furan rings is 1. The van der Waals surface area contributed by atoms with Gasteiger partial charge in [-0.1, -0.05) is 12.1 Å². The second-order valence-corrected chi connectivity index (χ2v) is 8.85. The number of amides is 1. The molecule has 1 unspecified atom stereocenters. The molecule has 0 radical (unpaired) electrons. The summed E-state index contributed by atoms with van der Waals surface area (Å²) in [6, 6.07) is 10.8. The van der Waals surface area contributed by atoms with Gasteiger partial charge in [0, 0.05) is 23.5 Å². The Labute approximate surface area is 184 Å². The van der Waals surface area contributed by atoms with E-state index >= 15 is 0 Å². The zero-order chi connectivity index (χ0) is 21.5. The Bertz CT molecular complexity index is 1150. The summed E-state index contributed by atoms with van der Waals surface area (Å²) < 4.78 is 11.1. The lowest BCUT2D eigenvalue weighted by atomic mass is 10.0. The van der Waals surface area contributed by atoms with Crippen molar-refractivity contribution in [3.8, 4) is 11.3 Å². The standard InChI is InChI=1S/C23H23N3O4S/c1-3-29-23(28)14-6-4-13(5-7-14)16-8-9-17(30-16)20-24-21(27)19-15-10-11-26(2)12-18(15)31-22(19)25-20/h4-9,20,25H,3,10-12H2,1-2H3,(H,24,27). The number of benzene rings is 1. The minimum Gasteiger partial charge on any atom is -0.462 e. The molecule has 0 saturated carbocycles. The summed E-state index contributed by atoms with van der Waals surface area (Å²) in [5.41, 5.74) is 3.30. The van der Waals surface area contributed by atoms with Crippen molar-refractivity contribution >= 4 is 28.2 Å². The Morgan fingerprint density at radius 2 is 2.03 bits per heavy atom. The van der Waals surface area contributed by atoms with Gasteiger partial charge in [0.05, 0.1) is 17.7 Å². The third kappa shape index (κ3) is 3.62. The number of esters is 1. The van der Waals surface area contributed by atoms with E-state index in [1.54, 1.807) is 30.4 Å². The lowest BCUT2D eigenvalue weighted by Gasteiger charge is -2.26. The van der Waals surface area contributed by atoms with Crippen LogP contribution in [0.2, 0.25) is 0 Å². The molecule has 0 aliphatic carbocycles. The molecular weight excluding hydrogens is 414 g/mol. The Morgan fingerprint density at radius 1 is 1.23 bits per heavy atom. The van der Waals surface area contributed by atoms with Crippen LogP contribution in [0.4, 0.5) is 5.00 Å². The number of anilines is 1. The highest BCUT2D eigenvalue weighted by Crippen LogP contribution is 2.41. The summed E-state index contributed by atoms with van der Waals surface area (Å²) in [4.78, 5) is 28.2. The fraction of sp³-hybridized carbons (Fsp3) is 0.304. The summed E-state index contributed by atoms with van der Waals surface area (Å²) in [6.45, 7) is 3.96. The second kappa shape index (κ2) is 7.86. The van der Waals surface area contributed by atoms with Crippen molar-refractivity contribution in [2.75, 3.05) is 25.5 Å². The molecule has 3 aromatic rings. The molecule has 2 aliphatic heterocycles. The van der Waals surface area contributed by atoms with Gasteiger partial charge < -0.3 is 24.7 Å². The van der Waals surface area contributed by atoms with E-state index in [-0.39, 0.29) is 11.9 Å². The molecule has 1 aromatic carbocycles. The van der Waals surface area contributed by atoms with Gasteiger partial charge in [0.1, 0.15) is 16.5 Å². The molecule has 31 heavy (non-hydrogen) atoms. The first-order valence-corrected chi connectivity index (χ1v) is 11.1. The molecule has 0 bridgehead atoms. The zero-order valence-electron chi connectivity index (χ0n) is 17.4. The van der Waals surface area contributed by atoms with E-state index < -0.39 is 6.17 Å². The molecule has 7 nitrogen and oxygen atoms in total. The van der Waals surface area contributed by atoms with E-state index in [0.29, 0.717) is 23.7 Å². The summed E-state index contributed by atoms with van der Waals surface area (Å²) in [7, 11) is 2.10. The van der Waals surface area contributed by atoms with Gasteiger partial charge in [0.2, 0.25) is 0 Å². The average Bonchev–Trinajstić information content (AvgIpc) is 3.38. The molecule has 1 amide bonds. The lowest BCUT2D eigenvalue weighted by Crippen LogP contribution is -2.38. The molecule has 1 atom stereocenters. The van der Waals surface area contributed by atoms with Gasteiger partial charge in [0.25, 0.3) is 5.91 Å². The number of hydrogen-bond acceptors (Lipinski definition) is 7. The normalized spacial score (nSPS) is 18.0. The van der Waals surface area contributed by atoms with Crippen LogP contribution in [-0.2, 0) is 17.7 Å². The van der Waals surface area contributed by atoms with E-state index in [0.717, 1.165) is 35.6 Å². The number of carbonyl (C=O) groups is 2. The first-order valence-electron chi connectivity index (χ1n) is 10.3. The zero-order valence-corrected chi connectivity index (χ0v) is 18.2. The maximum absolute atomic E-state index is 12.9. The van der Waals surface area contributed by atoms with Crippen LogP contribution in [-0.4, -0.2) is 37.0 Å². The number of nitrogens with one attached hydrogen (secondary N) is 2.